The number of nitrogens with zero attached hydrogens (tertiary/aromatic N) is 2. The molecule has 0 aliphatic carbocycles. The molecule has 20 heavy (non-hydrogen) atoms. The van der Waals surface area contributed by atoms with E-state index in [2.05, 4.69) is 55.9 Å². The van der Waals surface area contributed by atoms with Gasteiger partial charge in [-0.2, -0.15) is 0 Å². The molecule has 1 aromatic carbocycles. The van der Waals surface area contributed by atoms with Gasteiger partial charge in [-0.15, -0.1) is 0 Å². The second-order valence-electron chi connectivity index (χ2n) is 6.60. The number of likely N-dealkylation sites (N-methyl/N-ethyl adjacent to an activating group) is 1. The Morgan fingerprint density at radius 3 is 2.75 bits per heavy atom. The van der Waals surface area contributed by atoms with E-state index in [0.29, 0.717) is 0 Å². The Bertz CT molecular complexity index is 444. The van der Waals surface area contributed by atoms with Crippen LogP contribution in [0, 0.1) is 19.8 Å². The van der Waals surface area contributed by atoms with Gasteiger partial charge in [-0.25, -0.2) is 0 Å². The minimum atomic E-state index is 0.111. The van der Waals surface area contributed by atoms with Crippen molar-refractivity contribution >= 4 is 0 Å². The van der Waals surface area contributed by atoms with Crippen molar-refractivity contribution in [2.24, 2.45) is 11.7 Å². The minimum Gasteiger partial charge on any atom is -0.323 e. The lowest BCUT2D eigenvalue weighted by atomic mass is 9.99. The van der Waals surface area contributed by atoms with E-state index < -0.39 is 0 Å². The monoisotopic (exact) mass is 275 g/mol. The molecule has 1 aliphatic rings. The smallest absolute Gasteiger partial charge is 0.0426 e. The van der Waals surface area contributed by atoms with Crippen LogP contribution in [0.3, 0.4) is 0 Å². The van der Waals surface area contributed by atoms with Gasteiger partial charge >= 0.3 is 0 Å². The van der Waals surface area contributed by atoms with Crippen LogP contribution >= 0.6 is 0 Å². The van der Waals surface area contributed by atoms with Crippen LogP contribution in [0.4, 0.5) is 0 Å². The molecule has 0 bridgehead atoms. The van der Waals surface area contributed by atoms with Crippen LogP contribution in [0.2, 0.25) is 0 Å². The quantitative estimate of drug-likeness (QED) is 0.894. The van der Waals surface area contributed by atoms with Crippen molar-refractivity contribution in [3.05, 3.63) is 34.9 Å². The molecule has 3 heteroatoms. The Labute approximate surface area is 123 Å². The molecule has 0 amide bonds. The number of nitrogens with two attached hydrogens (primary N) is 1. The molecule has 2 N–H and O–H groups in total. The van der Waals surface area contributed by atoms with Gasteiger partial charge in [0.05, 0.1) is 0 Å². The van der Waals surface area contributed by atoms with Gasteiger partial charge < -0.3 is 15.5 Å². The number of hydrogen-bond donors (Lipinski definition) is 1. The maximum atomic E-state index is 6.40. The van der Waals surface area contributed by atoms with Gasteiger partial charge in [0, 0.05) is 25.7 Å². The Morgan fingerprint density at radius 2 is 2.15 bits per heavy atom. The Hall–Kier alpha value is -0.900. The molecule has 1 heterocycles. The molecule has 112 valence electrons. The summed E-state index contributed by atoms with van der Waals surface area (Å²) in [4.78, 5) is 4.82. The molecule has 2 unspecified atom stereocenters. The molecule has 0 aromatic heterocycles. The van der Waals surface area contributed by atoms with Gasteiger partial charge in [-0.1, -0.05) is 23.8 Å². The number of likely N-dealkylation sites (tertiary alicyclic amines) is 1. The van der Waals surface area contributed by atoms with E-state index in [-0.39, 0.29) is 6.04 Å². The zero-order valence-electron chi connectivity index (χ0n) is 13.4. The van der Waals surface area contributed by atoms with Crippen molar-refractivity contribution in [1.29, 1.82) is 0 Å². The highest BCUT2D eigenvalue weighted by molar-refractivity contribution is 5.32. The van der Waals surface area contributed by atoms with Crippen LogP contribution < -0.4 is 5.73 Å². The summed E-state index contributed by atoms with van der Waals surface area (Å²) in [5.74, 6) is 0.802. The topological polar surface area (TPSA) is 32.5 Å². The zero-order valence-corrected chi connectivity index (χ0v) is 13.4. The van der Waals surface area contributed by atoms with E-state index in [1.54, 1.807) is 0 Å². The lowest BCUT2D eigenvalue weighted by Crippen LogP contribution is -2.33. The molecule has 0 spiro atoms. The van der Waals surface area contributed by atoms with E-state index >= 15 is 0 Å². The third-order valence-corrected chi connectivity index (χ3v) is 4.39. The van der Waals surface area contributed by atoms with Crippen LogP contribution in [-0.4, -0.2) is 50.1 Å². The highest BCUT2D eigenvalue weighted by Gasteiger charge is 2.21. The lowest BCUT2D eigenvalue weighted by Gasteiger charge is -2.25. The third kappa shape index (κ3) is 4.05. The normalized spacial score (nSPS) is 21.6. The predicted molar refractivity (Wildman–Crippen MR) is 85.9 cm³/mol. The first-order valence-corrected chi connectivity index (χ1v) is 7.65. The van der Waals surface area contributed by atoms with Gasteiger partial charge in [-0.05, 0) is 58.0 Å². The fourth-order valence-corrected chi connectivity index (χ4v) is 3.37. The summed E-state index contributed by atoms with van der Waals surface area (Å²) in [6.45, 7) is 8.84. The summed E-state index contributed by atoms with van der Waals surface area (Å²) in [5.41, 5.74) is 10.3. The van der Waals surface area contributed by atoms with Gasteiger partial charge in [-0.3, -0.25) is 0 Å². The molecule has 0 radical (unpaired) electrons. The number of aryl methyl sites for hydroxylation is 2. The number of hydrogen-bond acceptors (Lipinski definition) is 3. The first-order chi connectivity index (χ1) is 9.45. The number of rotatable bonds is 5. The Morgan fingerprint density at radius 1 is 1.40 bits per heavy atom. The van der Waals surface area contributed by atoms with Crippen molar-refractivity contribution in [1.82, 2.24) is 9.80 Å². The van der Waals surface area contributed by atoms with E-state index in [1.807, 2.05) is 0 Å². The van der Waals surface area contributed by atoms with Crippen molar-refractivity contribution in [2.45, 2.75) is 26.3 Å². The third-order valence-electron chi connectivity index (χ3n) is 4.39. The predicted octanol–water partition coefficient (Wildman–Crippen LogP) is 2.19. The Kier molecular flexibility index (Phi) is 5.19. The second-order valence-corrected chi connectivity index (χ2v) is 6.60. The number of benzene rings is 1. The average Bonchev–Trinajstić information content (AvgIpc) is 2.74. The fourth-order valence-electron chi connectivity index (χ4n) is 3.37. The van der Waals surface area contributed by atoms with Crippen molar-refractivity contribution < 1.29 is 0 Å². The first kappa shape index (κ1) is 15.5. The average molecular weight is 275 g/mol. The summed E-state index contributed by atoms with van der Waals surface area (Å²) in [6, 6.07) is 6.68. The zero-order chi connectivity index (χ0) is 14.7. The molecule has 2 atom stereocenters. The molecule has 1 aliphatic heterocycles. The summed E-state index contributed by atoms with van der Waals surface area (Å²) in [6.07, 6.45) is 1.32. The molecule has 3 nitrogen and oxygen atoms in total. The highest BCUT2D eigenvalue weighted by Crippen LogP contribution is 2.20. The van der Waals surface area contributed by atoms with Crippen molar-refractivity contribution in [2.75, 3.05) is 40.3 Å². The molecule has 1 aromatic rings. The van der Waals surface area contributed by atoms with Crippen LogP contribution in [0.5, 0.6) is 0 Å². The summed E-state index contributed by atoms with van der Waals surface area (Å²) in [5, 5.41) is 0. The maximum absolute atomic E-state index is 6.40. The van der Waals surface area contributed by atoms with Gasteiger partial charge in [0.25, 0.3) is 0 Å². The van der Waals surface area contributed by atoms with Crippen LogP contribution in [-0.2, 0) is 0 Å². The first-order valence-electron chi connectivity index (χ1n) is 7.65. The molecule has 0 saturated carbocycles. The van der Waals surface area contributed by atoms with Crippen LogP contribution in [0.25, 0.3) is 0 Å². The summed E-state index contributed by atoms with van der Waals surface area (Å²) >= 11 is 0. The fraction of sp³-hybridized carbons (Fsp3) is 0.647. The van der Waals surface area contributed by atoms with Crippen LogP contribution in [0.15, 0.2) is 18.2 Å². The van der Waals surface area contributed by atoms with E-state index in [1.165, 1.54) is 36.2 Å². The molecule has 1 fully saturated rings. The van der Waals surface area contributed by atoms with Crippen LogP contribution in [0.1, 0.15) is 29.2 Å². The second kappa shape index (κ2) is 6.70. The Balaban J connectivity index is 1.88. The largest absolute Gasteiger partial charge is 0.323 e. The molecule has 1 saturated heterocycles. The lowest BCUT2D eigenvalue weighted by molar-refractivity contribution is 0.260. The van der Waals surface area contributed by atoms with E-state index in [9.17, 15) is 0 Å². The summed E-state index contributed by atoms with van der Waals surface area (Å²) < 4.78 is 0. The van der Waals surface area contributed by atoms with Crippen molar-refractivity contribution in [3.8, 4) is 0 Å². The van der Waals surface area contributed by atoms with Gasteiger partial charge in [0.1, 0.15) is 0 Å². The summed E-state index contributed by atoms with van der Waals surface area (Å²) in [7, 11) is 4.41. The highest BCUT2D eigenvalue weighted by atomic mass is 15.2. The molecular formula is C17H29N3. The minimum absolute atomic E-state index is 0.111. The van der Waals surface area contributed by atoms with E-state index in [0.717, 1.165) is 19.0 Å². The van der Waals surface area contributed by atoms with E-state index in [4.69, 9.17) is 5.73 Å². The van der Waals surface area contributed by atoms with Gasteiger partial charge in [0.2, 0.25) is 0 Å². The van der Waals surface area contributed by atoms with Crippen molar-refractivity contribution in [3.63, 3.8) is 0 Å². The SMILES string of the molecule is Cc1ccc(C(N)CN(C)CC2CCN(C)C2)c(C)c1. The molecular weight excluding hydrogens is 246 g/mol. The van der Waals surface area contributed by atoms with Gasteiger partial charge in [0.15, 0.2) is 0 Å². The standard InChI is InChI=1S/C17H29N3/c1-13-5-6-16(14(2)9-13)17(18)12-20(4)11-15-7-8-19(3)10-15/h5-6,9,15,17H,7-8,10-12,18H2,1-4H3. The maximum Gasteiger partial charge on any atom is 0.0426 e. The molecule has 2 rings (SSSR count).